The number of hydrogen-bond donors (Lipinski definition) is 1. The maximum Gasteiger partial charge on any atom is 0.310 e. The third kappa shape index (κ3) is 5.49. The zero-order chi connectivity index (χ0) is 28.9. The number of esters is 1. The van der Waals surface area contributed by atoms with Crippen LogP contribution in [0, 0.1) is 11.8 Å². The van der Waals surface area contributed by atoms with Crippen molar-refractivity contribution in [1.29, 1.82) is 0 Å². The van der Waals surface area contributed by atoms with Crippen LogP contribution in [-0.4, -0.2) is 74.5 Å². The van der Waals surface area contributed by atoms with Gasteiger partial charge in [-0.15, -0.1) is 24.9 Å². The van der Waals surface area contributed by atoms with Gasteiger partial charge in [0.25, 0.3) is 0 Å². The van der Waals surface area contributed by atoms with E-state index in [1.807, 2.05) is 48.2 Å². The van der Waals surface area contributed by atoms with Crippen molar-refractivity contribution in [3.8, 4) is 0 Å². The van der Waals surface area contributed by atoms with E-state index in [0.29, 0.717) is 19.6 Å². The smallest absolute Gasteiger partial charge is 0.310 e. The molecule has 7 atom stereocenters. The predicted molar refractivity (Wildman–Crippen MR) is 159 cm³/mol. The first-order valence-corrected chi connectivity index (χ1v) is 15.6. The van der Waals surface area contributed by atoms with Gasteiger partial charge in [0.05, 0.1) is 35.8 Å². The molecule has 0 radical (unpaired) electrons. The molecule has 3 heterocycles. The molecule has 0 aromatic heterocycles. The van der Waals surface area contributed by atoms with Gasteiger partial charge in [-0.2, -0.15) is 0 Å². The normalized spacial score (nSPS) is 28.2. The average molecular weight is 569 g/mol. The van der Waals surface area contributed by atoms with E-state index in [0.717, 1.165) is 44.1 Å². The van der Waals surface area contributed by atoms with E-state index in [9.17, 15) is 19.5 Å². The zero-order valence-corrected chi connectivity index (χ0v) is 24.7. The number of ether oxygens (including phenoxy) is 1. The quantitative estimate of drug-likeness (QED) is 0.184. The van der Waals surface area contributed by atoms with Gasteiger partial charge in [0.15, 0.2) is 0 Å². The first-order chi connectivity index (χ1) is 19.4. The lowest BCUT2D eigenvalue weighted by atomic mass is 9.71. The largest absolute Gasteiger partial charge is 0.465 e. The van der Waals surface area contributed by atoms with Crippen molar-refractivity contribution in [2.24, 2.45) is 11.8 Å². The van der Waals surface area contributed by atoms with E-state index >= 15 is 0 Å². The van der Waals surface area contributed by atoms with Crippen molar-refractivity contribution in [2.45, 2.75) is 86.9 Å². The van der Waals surface area contributed by atoms with E-state index in [4.69, 9.17) is 4.74 Å². The number of aliphatic hydroxyl groups excluding tert-OH is 1. The highest BCUT2D eigenvalue weighted by atomic mass is 32.2. The maximum absolute atomic E-state index is 14.6. The van der Waals surface area contributed by atoms with Gasteiger partial charge in [-0.05, 0) is 51.0 Å². The molecular formula is C32H44N2O5S. The Kier molecular flexibility index (Phi) is 10.2. The van der Waals surface area contributed by atoms with Crippen LogP contribution in [0.15, 0.2) is 55.6 Å². The summed E-state index contributed by atoms with van der Waals surface area (Å²) in [4.78, 5) is 46.0. The molecule has 3 unspecified atom stereocenters. The Morgan fingerprint density at radius 3 is 2.65 bits per heavy atom. The van der Waals surface area contributed by atoms with E-state index in [1.165, 1.54) is 0 Å². The van der Waals surface area contributed by atoms with Crippen LogP contribution in [0.5, 0.6) is 0 Å². The lowest BCUT2D eigenvalue weighted by Gasteiger charge is -2.41. The number of likely N-dealkylation sites (tertiary alicyclic amines) is 1. The number of allylic oxidation sites excluding steroid dienone is 1. The Labute approximate surface area is 243 Å². The minimum Gasteiger partial charge on any atom is -0.465 e. The van der Waals surface area contributed by atoms with Crippen LogP contribution in [0.4, 0.5) is 0 Å². The molecule has 0 aliphatic carbocycles. The number of thioether (sulfide) groups is 1. The Hall–Kier alpha value is -2.58. The van der Waals surface area contributed by atoms with Gasteiger partial charge in [0, 0.05) is 17.8 Å². The Bertz CT molecular complexity index is 1080. The van der Waals surface area contributed by atoms with Gasteiger partial charge >= 0.3 is 5.97 Å². The Morgan fingerprint density at radius 2 is 2.00 bits per heavy atom. The molecule has 2 amide bonds. The van der Waals surface area contributed by atoms with Gasteiger partial charge in [0.2, 0.25) is 11.8 Å². The zero-order valence-electron chi connectivity index (χ0n) is 23.9. The van der Waals surface area contributed by atoms with Crippen molar-refractivity contribution < 1.29 is 24.2 Å². The molecule has 3 aliphatic heterocycles. The standard InChI is InChI=1S/C32H44N2O5S/c1-5-8-9-13-20-39-31(38)26-25-17-18-32(40-25)27(26)29(36)34(24(21-35)23-15-11-10-12-16-23)28(32)30(37)33(19-7-3)22(4)14-6-2/h5,7,10-12,15-16,22,24-28,35H,1,3,6,8-9,13-14,17-21H2,2,4H3/t22?,24-,25+,26-,27+,28?,32?/m1/s1. The number of carbonyl (C=O) groups excluding carboxylic acids is 3. The molecule has 40 heavy (non-hydrogen) atoms. The monoisotopic (exact) mass is 568 g/mol. The van der Waals surface area contributed by atoms with Crippen molar-refractivity contribution in [2.75, 3.05) is 19.8 Å². The molecular weight excluding hydrogens is 524 g/mol. The molecule has 2 bridgehead atoms. The third-order valence-corrected chi connectivity index (χ3v) is 10.8. The fraction of sp³-hybridized carbons (Fsp3) is 0.594. The molecule has 3 saturated heterocycles. The molecule has 1 spiro atoms. The van der Waals surface area contributed by atoms with Crippen molar-refractivity contribution in [3.05, 3.63) is 61.2 Å². The van der Waals surface area contributed by atoms with E-state index in [2.05, 4.69) is 20.1 Å². The molecule has 3 fully saturated rings. The Balaban J connectivity index is 1.73. The van der Waals surface area contributed by atoms with Gasteiger partial charge < -0.3 is 19.6 Å². The summed E-state index contributed by atoms with van der Waals surface area (Å²) in [7, 11) is 0. The summed E-state index contributed by atoms with van der Waals surface area (Å²) >= 11 is 1.63. The number of nitrogens with zero attached hydrogens (tertiary/aromatic N) is 2. The van der Waals surface area contributed by atoms with Gasteiger partial charge in [-0.1, -0.05) is 55.8 Å². The molecule has 4 rings (SSSR count). The number of hydrogen-bond acceptors (Lipinski definition) is 6. The number of amides is 2. The number of fused-ring (bicyclic) bond motifs is 1. The molecule has 1 aromatic rings. The number of benzene rings is 1. The highest BCUT2D eigenvalue weighted by molar-refractivity contribution is 8.02. The molecule has 1 aromatic carbocycles. The Morgan fingerprint density at radius 1 is 1.25 bits per heavy atom. The van der Waals surface area contributed by atoms with Gasteiger partial charge in [0.1, 0.15) is 6.04 Å². The SMILES string of the molecule is C=CCCCCOC(=O)[C@@H]1[C@@H]2CCC3(S2)C(C(=O)N(CC=C)C(C)CCC)N([C@H](CO)c2ccccc2)C(=O)[C@H]13. The van der Waals surface area contributed by atoms with Crippen LogP contribution in [0.25, 0.3) is 0 Å². The van der Waals surface area contributed by atoms with Crippen LogP contribution in [0.3, 0.4) is 0 Å². The summed E-state index contributed by atoms with van der Waals surface area (Å²) in [5.74, 6) is -1.95. The molecule has 218 valence electrons. The van der Waals surface area contributed by atoms with Crippen LogP contribution in [0.1, 0.15) is 70.4 Å². The molecule has 0 saturated carbocycles. The van der Waals surface area contributed by atoms with Gasteiger partial charge in [-0.3, -0.25) is 14.4 Å². The first-order valence-electron chi connectivity index (χ1n) is 14.7. The van der Waals surface area contributed by atoms with Crippen LogP contribution >= 0.6 is 11.8 Å². The topological polar surface area (TPSA) is 87.2 Å². The average Bonchev–Trinajstić information content (AvgIpc) is 3.60. The second-order valence-electron chi connectivity index (χ2n) is 11.3. The third-order valence-electron chi connectivity index (χ3n) is 8.83. The minimum atomic E-state index is -0.790. The number of unbranched alkanes of at least 4 members (excludes halogenated alkanes) is 2. The molecule has 3 aliphatic rings. The predicted octanol–water partition coefficient (Wildman–Crippen LogP) is 4.91. The molecule has 7 nitrogen and oxygen atoms in total. The first kappa shape index (κ1) is 30.4. The number of aliphatic hydroxyl groups is 1. The summed E-state index contributed by atoms with van der Waals surface area (Å²) in [6.07, 6.45) is 9.25. The van der Waals surface area contributed by atoms with Crippen LogP contribution in [-0.2, 0) is 19.1 Å². The fourth-order valence-corrected chi connectivity index (χ4v) is 9.21. The number of carbonyl (C=O) groups is 3. The highest BCUT2D eigenvalue weighted by Gasteiger charge is 2.75. The molecule has 1 N–H and O–H groups in total. The summed E-state index contributed by atoms with van der Waals surface area (Å²) < 4.78 is 4.98. The summed E-state index contributed by atoms with van der Waals surface area (Å²) in [5.41, 5.74) is 0.769. The lowest BCUT2D eigenvalue weighted by Crippen LogP contribution is -2.57. The maximum atomic E-state index is 14.6. The van der Waals surface area contributed by atoms with E-state index < -0.39 is 28.7 Å². The lowest BCUT2D eigenvalue weighted by molar-refractivity contribution is -0.154. The van der Waals surface area contributed by atoms with Gasteiger partial charge in [-0.25, -0.2) is 0 Å². The van der Waals surface area contributed by atoms with E-state index in [-0.39, 0.29) is 35.7 Å². The molecule has 8 heteroatoms. The fourth-order valence-electron chi connectivity index (χ4n) is 7.02. The highest BCUT2D eigenvalue weighted by Crippen LogP contribution is 2.67. The summed E-state index contributed by atoms with van der Waals surface area (Å²) in [6, 6.07) is 7.86. The van der Waals surface area contributed by atoms with Crippen LogP contribution < -0.4 is 0 Å². The van der Waals surface area contributed by atoms with E-state index in [1.54, 1.807) is 22.7 Å². The summed E-state index contributed by atoms with van der Waals surface area (Å²) in [6.45, 7) is 12.1. The van der Waals surface area contributed by atoms with Crippen molar-refractivity contribution >= 4 is 29.5 Å². The second kappa shape index (κ2) is 13.4. The van der Waals surface area contributed by atoms with Crippen molar-refractivity contribution in [3.63, 3.8) is 0 Å². The summed E-state index contributed by atoms with van der Waals surface area (Å²) in [5, 5.41) is 10.6. The van der Waals surface area contributed by atoms with Crippen molar-refractivity contribution in [1.82, 2.24) is 9.80 Å². The number of rotatable bonds is 15. The second-order valence-corrected chi connectivity index (χ2v) is 12.9. The van der Waals surface area contributed by atoms with Crippen LogP contribution in [0.2, 0.25) is 0 Å². The minimum absolute atomic E-state index is 0.0351.